The van der Waals surface area contributed by atoms with Gasteiger partial charge in [0, 0.05) is 25.7 Å². The van der Waals surface area contributed by atoms with E-state index in [9.17, 15) is 43.2 Å². The molecule has 0 rings (SSSR count). The predicted octanol–water partition coefficient (Wildman–Crippen LogP) is 20.8. The van der Waals surface area contributed by atoms with Crippen LogP contribution in [0, 0.1) is 11.8 Å². The van der Waals surface area contributed by atoms with Gasteiger partial charge in [0.15, 0.2) is 12.2 Å². The number of carbonyl (C=O) groups is 4. The smallest absolute Gasteiger partial charge is 0.462 e. The van der Waals surface area contributed by atoms with Crippen molar-refractivity contribution in [2.75, 3.05) is 39.6 Å². The summed E-state index contributed by atoms with van der Waals surface area (Å²) in [6.07, 6.45) is 50.1. The number of hydrogen-bond acceptors (Lipinski definition) is 15. The molecule has 0 amide bonds. The molecule has 0 aromatic rings. The first-order chi connectivity index (χ1) is 43.9. The number of aliphatic hydroxyl groups excluding tert-OH is 1. The molecule has 0 aromatic carbocycles. The number of esters is 4. The van der Waals surface area contributed by atoms with Crippen LogP contribution in [0.2, 0.25) is 0 Å². The highest BCUT2D eigenvalue weighted by molar-refractivity contribution is 7.47. The van der Waals surface area contributed by atoms with Gasteiger partial charge in [0.05, 0.1) is 26.4 Å². The lowest BCUT2D eigenvalue weighted by molar-refractivity contribution is -0.161. The van der Waals surface area contributed by atoms with Gasteiger partial charge in [-0.3, -0.25) is 37.3 Å². The normalized spacial score (nSPS) is 14.1. The van der Waals surface area contributed by atoms with Gasteiger partial charge in [0.25, 0.3) is 0 Å². The number of ether oxygens (including phenoxy) is 4. The van der Waals surface area contributed by atoms with Gasteiger partial charge in [-0.1, -0.05) is 318 Å². The maximum Gasteiger partial charge on any atom is 0.472 e. The highest BCUT2D eigenvalue weighted by Gasteiger charge is 2.30. The molecule has 0 fully saturated rings. The van der Waals surface area contributed by atoms with Gasteiger partial charge in [-0.2, -0.15) is 0 Å². The number of phosphoric acid groups is 2. The molecule has 0 aliphatic heterocycles. The monoisotopic (exact) mass is 1340 g/mol. The Morgan fingerprint density at radius 1 is 0.297 bits per heavy atom. The van der Waals surface area contributed by atoms with Crippen molar-refractivity contribution in [1.82, 2.24) is 0 Å². The van der Waals surface area contributed by atoms with E-state index in [1.807, 2.05) is 0 Å². The Hall–Kier alpha value is -1.94. The van der Waals surface area contributed by atoms with E-state index in [1.54, 1.807) is 0 Å². The Labute approximate surface area is 556 Å². The second kappa shape index (κ2) is 64.1. The largest absolute Gasteiger partial charge is 0.472 e. The quantitative estimate of drug-likeness (QED) is 0.0222. The zero-order chi connectivity index (χ0) is 67.2. The minimum Gasteiger partial charge on any atom is -0.462 e. The third-order valence-electron chi connectivity index (χ3n) is 16.7. The van der Waals surface area contributed by atoms with Gasteiger partial charge in [0.1, 0.15) is 19.3 Å². The highest BCUT2D eigenvalue weighted by Crippen LogP contribution is 2.45. The van der Waals surface area contributed by atoms with E-state index >= 15 is 0 Å². The van der Waals surface area contributed by atoms with Gasteiger partial charge in [0.2, 0.25) is 0 Å². The second-order valence-corrected chi connectivity index (χ2v) is 29.8. The zero-order valence-electron chi connectivity index (χ0n) is 59.1. The van der Waals surface area contributed by atoms with E-state index in [0.717, 1.165) is 115 Å². The van der Waals surface area contributed by atoms with Crippen molar-refractivity contribution in [2.45, 2.75) is 387 Å². The van der Waals surface area contributed by atoms with Crippen LogP contribution in [0.3, 0.4) is 0 Å². The first kappa shape index (κ1) is 89.1. The van der Waals surface area contributed by atoms with Gasteiger partial charge in [-0.05, 0) is 37.5 Å². The third-order valence-corrected chi connectivity index (χ3v) is 18.6. The molecule has 0 saturated carbocycles. The molecule has 0 spiro atoms. The molecular weight excluding hydrogens is 1200 g/mol. The van der Waals surface area contributed by atoms with E-state index in [0.29, 0.717) is 25.7 Å². The van der Waals surface area contributed by atoms with E-state index in [2.05, 4.69) is 41.5 Å². The predicted molar refractivity (Wildman–Crippen MR) is 368 cm³/mol. The Bertz CT molecular complexity index is 1770. The summed E-state index contributed by atoms with van der Waals surface area (Å²) in [4.78, 5) is 72.5. The SMILES string of the molecule is CCCCCCCCCCCCCCCCCCC(=O)OC[C@H](COP(=O)(O)OC[C@@H](O)COP(=O)(O)OC[C@@H](COC(=O)CCCCCCCCC)OC(=O)CCCCCCCCCCC(C)C)OC(=O)CCCCCCCCCCCCCCCCC(C)C. The van der Waals surface area contributed by atoms with Crippen LogP contribution in [-0.2, 0) is 65.4 Å². The average molecular weight is 1340 g/mol. The fourth-order valence-electron chi connectivity index (χ4n) is 10.9. The Morgan fingerprint density at radius 2 is 0.505 bits per heavy atom. The average Bonchev–Trinajstić information content (AvgIpc) is 2.95. The summed E-state index contributed by atoms with van der Waals surface area (Å²) >= 11 is 0. The molecule has 2 unspecified atom stereocenters. The van der Waals surface area contributed by atoms with Crippen molar-refractivity contribution >= 4 is 39.5 Å². The molecule has 0 aliphatic carbocycles. The lowest BCUT2D eigenvalue weighted by Crippen LogP contribution is -2.30. The summed E-state index contributed by atoms with van der Waals surface area (Å²) < 4.78 is 68.3. The topological polar surface area (TPSA) is 237 Å². The minimum atomic E-state index is -4.95. The standard InChI is InChI=1S/C72H140O17P2/c1-7-9-11-13-15-16-17-18-19-20-24-27-30-37-43-49-55-70(75)83-61-68(88-71(76)56-50-44-38-31-28-25-22-21-23-26-29-35-40-46-52-64(3)4)63-87-91(80,81)85-59-66(73)58-84-90(78,79)86-62-67(60-82-69(74)54-48-42-34-14-12-10-8-2)89-72(77)57-51-45-39-33-32-36-41-47-53-65(5)6/h64-68,73H,7-63H2,1-6H3,(H,78,79)(H,80,81)/t66-,67+,68+/m0/s1. The number of carbonyl (C=O) groups excluding carboxylic acids is 4. The molecule has 0 aromatic heterocycles. The van der Waals surface area contributed by atoms with Crippen molar-refractivity contribution < 1.29 is 80.2 Å². The molecular formula is C72H140O17P2. The van der Waals surface area contributed by atoms with E-state index < -0.39 is 97.5 Å². The first-order valence-corrected chi connectivity index (χ1v) is 40.5. The summed E-state index contributed by atoms with van der Waals surface area (Å²) in [6.45, 7) is 9.51. The molecule has 17 nitrogen and oxygen atoms in total. The maximum atomic E-state index is 13.0. The zero-order valence-corrected chi connectivity index (χ0v) is 60.9. The number of hydrogen-bond donors (Lipinski definition) is 3. The molecule has 540 valence electrons. The van der Waals surface area contributed by atoms with Crippen molar-refractivity contribution in [3.05, 3.63) is 0 Å². The van der Waals surface area contributed by atoms with Crippen LogP contribution >= 0.6 is 15.6 Å². The highest BCUT2D eigenvalue weighted by atomic mass is 31.2. The van der Waals surface area contributed by atoms with Crippen molar-refractivity contribution in [2.24, 2.45) is 11.8 Å². The second-order valence-electron chi connectivity index (χ2n) is 26.9. The van der Waals surface area contributed by atoms with Crippen LogP contribution in [0.15, 0.2) is 0 Å². The molecule has 19 heteroatoms. The summed E-state index contributed by atoms with van der Waals surface area (Å²) in [5.74, 6) is -0.613. The van der Waals surface area contributed by atoms with Crippen molar-refractivity contribution in [3.8, 4) is 0 Å². The fourth-order valence-corrected chi connectivity index (χ4v) is 12.5. The van der Waals surface area contributed by atoms with Crippen LogP contribution in [0.25, 0.3) is 0 Å². The van der Waals surface area contributed by atoms with Crippen LogP contribution in [0.4, 0.5) is 0 Å². The molecule has 5 atom stereocenters. The molecule has 0 radical (unpaired) electrons. The summed E-state index contributed by atoms with van der Waals surface area (Å²) in [5, 5.41) is 10.6. The summed E-state index contributed by atoms with van der Waals surface area (Å²) in [6, 6.07) is 0. The number of rotatable bonds is 71. The molecule has 91 heavy (non-hydrogen) atoms. The van der Waals surface area contributed by atoms with E-state index in [4.69, 9.17) is 37.0 Å². The van der Waals surface area contributed by atoms with Gasteiger partial charge >= 0.3 is 39.5 Å². The number of aliphatic hydroxyl groups is 1. The molecule has 0 bridgehead atoms. The van der Waals surface area contributed by atoms with Crippen LogP contribution < -0.4 is 0 Å². The van der Waals surface area contributed by atoms with Gasteiger partial charge in [-0.25, -0.2) is 9.13 Å². The van der Waals surface area contributed by atoms with Crippen molar-refractivity contribution in [1.29, 1.82) is 0 Å². The van der Waals surface area contributed by atoms with Crippen LogP contribution in [0.5, 0.6) is 0 Å². The van der Waals surface area contributed by atoms with Crippen molar-refractivity contribution in [3.63, 3.8) is 0 Å². The van der Waals surface area contributed by atoms with Crippen LogP contribution in [-0.4, -0.2) is 96.7 Å². The Morgan fingerprint density at radius 3 is 0.747 bits per heavy atom. The Kier molecular flexibility index (Phi) is 62.7. The lowest BCUT2D eigenvalue weighted by Gasteiger charge is -2.21. The summed E-state index contributed by atoms with van der Waals surface area (Å²) in [7, 11) is -9.90. The maximum absolute atomic E-state index is 13.0. The molecule has 0 saturated heterocycles. The first-order valence-electron chi connectivity index (χ1n) is 37.5. The molecule has 0 heterocycles. The van der Waals surface area contributed by atoms with Gasteiger partial charge in [-0.15, -0.1) is 0 Å². The fraction of sp³-hybridized carbons (Fsp3) is 0.944. The lowest BCUT2D eigenvalue weighted by atomic mass is 10.0. The van der Waals surface area contributed by atoms with Gasteiger partial charge < -0.3 is 33.8 Å². The molecule has 0 aliphatic rings. The van der Waals surface area contributed by atoms with E-state index in [1.165, 1.54) is 173 Å². The summed E-state index contributed by atoms with van der Waals surface area (Å²) in [5.41, 5.74) is 0. The van der Waals surface area contributed by atoms with Crippen LogP contribution in [0.1, 0.15) is 369 Å². The number of phosphoric ester groups is 2. The Balaban J connectivity index is 5.20. The molecule has 3 N–H and O–H groups in total. The van der Waals surface area contributed by atoms with E-state index in [-0.39, 0.29) is 25.7 Å². The number of unbranched alkanes of at least 4 members (excludes halogenated alkanes) is 41. The third kappa shape index (κ3) is 66.5. The minimum absolute atomic E-state index is 0.104.